The van der Waals surface area contributed by atoms with E-state index in [2.05, 4.69) is 10.3 Å². The smallest absolute Gasteiger partial charge is 0.198 e. The molecule has 142 valence electrons. The van der Waals surface area contributed by atoms with Gasteiger partial charge in [0, 0.05) is 30.1 Å². The summed E-state index contributed by atoms with van der Waals surface area (Å²) in [4.78, 5) is 0. The van der Waals surface area contributed by atoms with Gasteiger partial charge in [0.05, 0.1) is 17.9 Å². The van der Waals surface area contributed by atoms with Gasteiger partial charge in [-0.2, -0.15) is 4.39 Å². The molecule has 1 atom stereocenters. The third-order valence-corrected chi connectivity index (χ3v) is 5.49. The molecule has 3 heterocycles. The Labute approximate surface area is 159 Å². The standard InChI is InChI=1S/C21H17F3N4/c22-15-6-4-13(19(23)10-15)8-18-12-25-26-28(18)17-7-5-14-9-16-2-1-3-21(24)27(16)20(14)11-17/h1-4,6,9-10,12,17H,5,7-8,11H2. The van der Waals surface area contributed by atoms with Gasteiger partial charge in [0.1, 0.15) is 11.6 Å². The lowest BCUT2D eigenvalue weighted by molar-refractivity contribution is 0.379. The molecular weight excluding hydrogens is 365 g/mol. The van der Waals surface area contributed by atoms with Gasteiger partial charge in [0.2, 0.25) is 0 Å². The molecule has 0 fully saturated rings. The first-order valence-electron chi connectivity index (χ1n) is 9.21. The summed E-state index contributed by atoms with van der Waals surface area (Å²) < 4.78 is 45.0. The van der Waals surface area contributed by atoms with Gasteiger partial charge in [-0.1, -0.05) is 17.3 Å². The minimum Gasteiger partial charge on any atom is -0.290 e. The average Bonchev–Trinajstić information content (AvgIpc) is 3.28. The van der Waals surface area contributed by atoms with Gasteiger partial charge in [0.25, 0.3) is 0 Å². The number of aryl methyl sites for hydroxylation is 1. The van der Waals surface area contributed by atoms with Crippen LogP contribution in [0.2, 0.25) is 0 Å². The lowest BCUT2D eigenvalue weighted by atomic mass is 9.93. The maximum Gasteiger partial charge on any atom is 0.198 e. The number of rotatable bonds is 3. The Hall–Kier alpha value is -3.09. The Morgan fingerprint density at radius 3 is 2.82 bits per heavy atom. The number of halogens is 3. The lowest BCUT2D eigenvalue weighted by Crippen LogP contribution is -2.22. The summed E-state index contributed by atoms with van der Waals surface area (Å²) in [7, 11) is 0. The maximum absolute atomic E-state index is 14.4. The van der Waals surface area contributed by atoms with Gasteiger partial charge in [-0.05, 0) is 48.2 Å². The second-order valence-corrected chi connectivity index (χ2v) is 7.20. The van der Waals surface area contributed by atoms with Crippen molar-refractivity contribution in [2.45, 2.75) is 31.7 Å². The fourth-order valence-corrected chi connectivity index (χ4v) is 4.16. The first-order chi connectivity index (χ1) is 13.6. The Kier molecular flexibility index (Phi) is 3.96. The molecule has 0 saturated carbocycles. The third kappa shape index (κ3) is 2.78. The molecule has 1 aliphatic rings. The number of pyridine rings is 1. The molecule has 0 spiro atoms. The van der Waals surface area contributed by atoms with Gasteiger partial charge in [0.15, 0.2) is 5.95 Å². The predicted molar refractivity (Wildman–Crippen MR) is 97.6 cm³/mol. The highest BCUT2D eigenvalue weighted by Gasteiger charge is 2.26. The van der Waals surface area contributed by atoms with E-state index < -0.39 is 11.6 Å². The zero-order chi connectivity index (χ0) is 19.3. The van der Waals surface area contributed by atoms with Gasteiger partial charge >= 0.3 is 0 Å². The molecule has 3 aromatic heterocycles. The summed E-state index contributed by atoms with van der Waals surface area (Å²) in [5, 5.41) is 8.21. The molecule has 0 radical (unpaired) electrons. The minimum absolute atomic E-state index is 0.00576. The number of nitrogens with zero attached hydrogens (tertiary/aromatic N) is 4. The molecule has 4 nitrogen and oxygen atoms in total. The van der Waals surface area contributed by atoms with Crippen LogP contribution in [0.25, 0.3) is 5.52 Å². The van der Waals surface area contributed by atoms with Crippen molar-refractivity contribution >= 4 is 5.52 Å². The van der Waals surface area contributed by atoms with Crippen LogP contribution in [-0.2, 0) is 19.3 Å². The van der Waals surface area contributed by atoms with Gasteiger partial charge in [-0.3, -0.25) is 4.40 Å². The molecule has 1 unspecified atom stereocenters. The molecular formula is C21H17F3N4. The largest absolute Gasteiger partial charge is 0.290 e. The van der Waals surface area contributed by atoms with Crippen molar-refractivity contribution in [1.29, 1.82) is 0 Å². The number of hydrogen-bond acceptors (Lipinski definition) is 2. The van der Waals surface area contributed by atoms with Crippen LogP contribution in [0.15, 0.2) is 48.7 Å². The number of aromatic nitrogens is 4. The minimum atomic E-state index is -0.602. The average molecular weight is 382 g/mol. The highest BCUT2D eigenvalue weighted by Crippen LogP contribution is 2.32. The zero-order valence-electron chi connectivity index (χ0n) is 14.9. The maximum atomic E-state index is 14.4. The van der Waals surface area contributed by atoms with Gasteiger partial charge in [-0.25, -0.2) is 13.5 Å². The molecule has 28 heavy (non-hydrogen) atoms. The Morgan fingerprint density at radius 1 is 1.07 bits per heavy atom. The third-order valence-electron chi connectivity index (χ3n) is 5.49. The van der Waals surface area contributed by atoms with Crippen molar-refractivity contribution in [2.24, 2.45) is 0 Å². The second kappa shape index (κ2) is 6.51. The Bertz CT molecular complexity index is 1180. The molecule has 4 aromatic rings. The van der Waals surface area contributed by atoms with Crippen LogP contribution in [0.4, 0.5) is 13.2 Å². The van der Waals surface area contributed by atoms with Gasteiger partial charge < -0.3 is 0 Å². The van der Waals surface area contributed by atoms with Crippen LogP contribution in [0.5, 0.6) is 0 Å². The molecule has 0 saturated heterocycles. The monoisotopic (exact) mass is 382 g/mol. The molecule has 7 heteroatoms. The first-order valence-corrected chi connectivity index (χ1v) is 9.21. The Balaban J connectivity index is 1.47. The second-order valence-electron chi connectivity index (χ2n) is 7.20. The van der Waals surface area contributed by atoms with E-state index in [1.165, 1.54) is 18.2 Å². The van der Waals surface area contributed by atoms with Crippen LogP contribution in [0.1, 0.15) is 35.0 Å². The zero-order valence-corrected chi connectivity index (χ0v) is 14.9. The summed E-state index contributed by atoms with van der Waals surface area (Å²) in [5.41, 5.74) is 4.07. The first kappa shape index (κ1) is 17.0. The van der Waals surface area contributed by atoms with E-state index in [1.807, 2.05) is 12.1 Å². The summed E-state index contributed by atoms with van der Waals surface area (Å²) in [6, 6.07) is 10.7. The summed E-state index contributed by atoms with van der Waals surface area (Å²) in [5.74, 6) is -1.47. The van der Waals surface area contributed by atoms with Crippen LogP contribution in [0.3, 0.4) is 0 Å². The molecule has 5 rings (SSSR count). The molecule has 1 aromatic carbocycles. The summed E-state index contributed by atoms with van der Waals surface area (Å²) in [6.07, 6.45) is 4.15. The number of benzene rings is 1. The fraction of sp³-hybridized carbons (Fsp3) is 0.238. The van der Waals surface area contributed by atoms with Crippen LogP contribution in [0, 0.1) is 17.6 Å². The number of fused-ring (bicyclic) bond motifs is 3. The molecule has 0 aliphatic heterocycles. The van der Waals surface area contributed by atoms with E-state index in [0.29, 0.717) is 12.0 Å². The van der Waals surface area contributed by atoms with Gasteiger partial charge in [-0.15, -0.1) is 5.10 Å². The normalized spacial score (nSPS) is 16.5. The van der Waals surface area contributed by atoms with Crippen molar-refractivity contribution < 1.29 is 13.2 Å². The van der Waals surface area contributed by atoms with Crippen molar-refractivity contribution in [3.63, 3.8) is 0 Å². The lowest BCUT2D eigenvalue weighted by Gasteiger charge is -2.24. The van der Waals surface area contributed by atoms with Crippen LogP contribution < -0.4 is 0 Å². The molecule has 0 N–H and O–H groups in total. The fourth-order valence-electron chi connectivity index (χ4n) is 4.16. The van der Waals surface area contributed by atoms with Crippen LogP contribution >= 0.6 is 0 Å². The SMILES string of the molecule is Fc1ccc(Cc2cnnn2C2CCc3cc4cccc(F)n4c3C2)c(F)c1. The van der Waals surface area contributed by atoms with Crippen molar-refractivity contribution in [1.82, 2.24) is 19.4 Å². The molecule has 1 aliphatic carbocycles. The van der Waals surface area contributed by atoms with E-state index in [0.717, 1.165) is 41.4 Å². The quantitative estimate of drug-likeness (QED) is 0.496. The van der Waals surface area contributed by atoms with E-state index in [-0.39, 0.29) is 18.4 Å². The van der Waals surface area contributed by atoms with E-state index in [1.54, 1.807) is 21.3 Å². The van der Waals surface area contributed by atoms with Crippen molar-refractivity contribution in [3.05, 3.63) is 88.8 Å². The predicted octanol–water partition coefficient (Wildman–Crippen LogP) is 4.27. The summed E-state index contributed by atoms with van der Waals surface area (Å²) >= 11 is 0. The topological polar surface area (TPSA) is 35.1 Å². The van der Waals surface area contributed by atoms with Crippen LogP contribution in [-0.4, -0.2) is 19.4 Å². The van der Waals surface area contributed by atoms with E-state index >= 15 is 0 Å². The molecule has 0 bridgehead atoms. The molecule has 0 amide bonds. The van der Waals surface area contributed by atoms with Crippen molar-refractivity contribution in [3.8, 4) is 0 Å². The van der Waals surface area contributed by atoms with Crippen molar-refractivity contribution in [2.75, 3.05) is 0 Å². The summed E-state index contributed by atoms with van der Waals surface area (Å²) in [6.45, 7) is 0. The Morgan fingerprint density at radius 2 is 1.96 bits per heavy atom. The highest BCUT2D eigenvalue weighted by molar-refractivity contribution is 5.54. The number of hydrogen-bond donors (Lipinski definition) is 0. The van der Waals surface area contributed by atoms with E-state index in [4.69, 9.17) is 0 Å². The van der Waals surface area contributed by atoms with E-state index in [9.17, 15) is 13.2 Å². The highest BCUT2D eigenvalue weighted by atomic mass is 19.1.